The fourth-order valence-electron chi connectivity index (χ4n) is 0.989. The van der Waals surface area contributed by atoms with Gasteiger partial charge in [0.25, 0.3) is 0 Å². The molecule has 16 heavy (non-hydrogen) atoms. The third-order valence-corrected chi connectivity index (χ3v) is 1.55. The van der Waals surface area contributed by atoms with Gasteiger partial charge in [-0.25, -0.2) is 4.79 Å². The van der Waals surface area contributed by atoms with Crippen LogP contribution >= 0.6 is 0 Å². The molecule has 6 nitrogen and oxygen atoms in total. The average molecular weight is 226 g/mol. The van der Waals surface area contributed by atoms with Gasteiger partial charge in [-0.1, -0.05) is 12.1 Å². The number of hydrogen-bond donors (Lipinski definition) is 2. The number of methoxy groups -OCH3 is 1. The maximum absolute atomic E-state index is 11.2. The molecule has 6 heteroatoms. The average Bonchev–Trinajstić information content (AvgIpc) is 2.31. The van der Waals surface area contributed by atoms with Gasteiger partial charge in [-0.3, -0.25) is 16.5 Å². The molecule has 0 atom stereocenters. The largest absolute Gasteiger partial charge is 0.465 e. The Morgan fingerprint density at radius 3 is 2.25 bits per heavy atom. The van der Waals surface area contributed by atoms with Gasteiger partial charge in [0.05, 0.1) is 7.11 Å². The van der Waals surface area contributed by atoms with Gasteiger partial charge < -0.3 is 9.47 Å². The van der Waals surface area contributed by atoms with Gasteiger partial charge in [-0.15, -0.1) is 0 Å². The summed E-state index contributed by atoms with van der Waals surface area (Å²) in [6.45, 7) is 1.27. The van der Waals surface area contributed by atoms with E-state index in [-0.39, 0.29) is 11.3 Å². The minimum atomic E-state index is -0.526. The van der Waals surface area contributed by atoms with Crippen LogP contribution in [0.15, 0.2) is 24.3 Å². The summed E-state index contributed by atoms with van der Waals surface area (Å²) in [7, 11) is 1.27. The summed E-state index contributed by atoms with van der Waals surface area (Å²) in [4.78, 5) is 21.9. The summed E-state index contributed by atoms with van der Waals surface area (Å²) >= 11 is 0. The van der Waals surface area contributed by atoms with Crippen LogP contribution in [0.25, 0.3) is 0 Å². The van der Waals surface area contributed by atoms with E-state index in [1.54, 1.807) is 12.1 Å². The Balaban J connectivity index is 0.00000106. The minimum Gasteiger partial charge on any atom is -0.465 e. The Labute approximate surface area is 93.1 Å². The van der Waals surface area contributed by atoms with E-state index in [2.05, 4.69) is 16.4 Å². The van der Waals surface area contributed by atoms with E-state index in [4.69, 9.17) is 4.74 Å². The second kappa shape index (κ2) is 7.38. The summed E-state index contributed by atoms with van der Waals surface area (Å²) < 4.78 is 9.36. The molecule has 0 aliphatic heterocycles. The molecular weight excluding hydrogens is 212 g/mol. The molecular formula is C10H14N2O4. The van der Waals surface area contributed by atoms with Gasteiger partial charge in [-0.05, 0) is 12.1 Å². The monoisotopic (exact) mass is 226 g/mol. The maximum atomic E-state index is 11.2. The van der Waals surface area contributed by atoms with E-state index in [9.17, 15) is 9.59 Å². The number of para-hydroxylation sites is 1. The Kier molecular flexibility index (Phi) is 6.50. The van der Waals surface area contributed by atoms with Gasteiger partial charge in [0.2, 0.25) is 0 Å². The van der Waals surface area contributed by atoms with E-state index in [1.807, 2.05) is 0 Å². The molecule has 88 valence electrons. The molecule has 0 spiro atoms. The lowest BCUT2D eigenvalue weighted by Crippen LogP contribution is -2.08. The highest BCUT2D eigenvalue weighted by atomic mass is 16.5. The SMILES string of the molecule is COC(=O)c1ccccc1OC(C)=O.NN. The first-order valence-corrected chi connectivity index (χ1v) is 4.34. The van der Waals surface area contributed by atoms with Crippen LogP contribution in [0.5, 0.6) is 5.75 Å². The zero-order chi connectivity index (χ0) is 12.6. The van der Waals surface area contributed by atoms with Crippen molar-refractivity contribution in [1.29, 1.82) is 0 Å². The Hall–Kier alpha value is -1.92. The molecule has 0 aliphatic rings. The number of ether oxygens (including phenoxy) is 2. The molecule has 0 saturated carbocycles. The number of rotatable bonds is 2. The van der Waals surface area contributed by atoms with Crippen LogP contribution in [0, 0.1) is 0 Å². The van der Waals surface area contributed by atoms with Crippen molar-refractivity contribution in [3.8, 4) is 5.75 Å². The molecule has 0 fully saturated rings. The highest BCUT2D eigenvalue weighted by molar-refractivity contribution is 5.93. The highest BCUT2D eigenvalue weighted by Gasteiger charge is 2.12. The molecule has 0 saturated heterocycles. The molecule has 0 aromatic heterocycles. The molecule has 1 rings (SSSR count). The number of carbonyl (C=O) groups excluding carboxylic acids is 2. The standard InChI is InChI=1S/C10H10O4.H4N2/c1-7(11)14-9-6-4-3-5-8(9)10(12)13-2;1-2/h3-6H,1-2H3;1-2H2. The van der Waals surface area contributed by atoms with Crippen LogP contribution in [0.1, 0.15) is 17.3 Å². The second-order valence-electron chi connectivity index (χ2n) is 2.58. The topological polar surface area (TPSA) is 105 Å². The summed E-state index contributed by atoms with van der Waals surface area (Å²) in [6, 6.07) is 6.40. The van der Waals surface area contributed by atoms with E-state index in [1.165, 1.54) is 26.2 Å². The van der Waals surface area contributed by atoms with Crippen molar-refractivity contribution in [1.82, 2.24) is 0 Å². The highest BCUT2D eigenvalue weighted by Crippen LogP contribution is 2.18. The van der Waals surface area contributed by atoms with Crippen LogP contribution in [0.2, 0.25) is 0 Å². The van der Waals surface area contributed by atoms with E-state index < -0.39 is 11.9 Å². The van der Waals surface area contributed by atoms with Gasteiger partial charge in [0.1, 0.15) is 11.3 Å². The molecule has 0 aliphatic carbocycles. The Morgan fingerprint density at radius 2 is 1.75 bits per heavy atom. The van der Waals surface area contributed by atoms with E-state index >= 15 is 0 Å². The summed E-state index contributed by atoms with van der Waals surface area (Å²) in [5.74, 6) is 7.22. The smallest absolute Gasteiger partial charge is 0.341 e. The summed E-state index contributed by atoms with van der Waals surface area (Å²) in [6.07, 6.45) is 0. The van der Waals surface area contributed by atoms with Crippen LogP contribution in [-0.2, 0) is 9.53 Å². The zero-order valence-electron chi connectivity index (χ0n) is 9.10. The van der Waals surface area contributed by atoms with Gasteiger partial charge in [0.15, 0.2) is 0 Å². The summed E-state index contributed by atoms with van der Waals surface area (Å²) in [5, 5.41) is 0. The molecule has 0 amide bonds. The van der Waals surface area contributed by atoms with Crippen molar-refractivity contribution in [3.05, 3.63) is 29.8 Å². The van der Waals surface area contributed by atoms with Gasteiger partial charge in [-0.2, -0.15) is 0 Å². The van der Waals surface area contributed by atoms with E-state index in [0.717, 1.165) is 0 Å². The first-order valence-electron chi connectivity index (χ1n) is 4.34. The third kappa shape index (κ3) is 4.07. The number of esters is 2. The van der Waals surface area contributed by atoms with Crippen molar-refractivity contribution < 1.29 is 19.1 Å². The number of carbonyl (C=O) groups is 2. The molecule has 1 aromatic rings. The Morgan fingerprint density at radius 1 is 1.19 bits per heavy atom. The maximum Gasteiger partial charge on any atom is 0.341 e. The van der Waals surface area contributed by atoms with Gasteiger partial charge in [0, 0.05) is 6.92 Å². The number of benzene rings is 1. The molecule has 0 bridgehead atoms. The zero-order valence-corrected chi connectivity index (χ0v) is 9.10. The quantitative estimate of drug-likeness (QED) is 0.323. The number of nitrogens with two attached hydrogens (primary N) is 2. The van der Waals surface area contributed by atoms with Crippen molar-refractivity contribution >= 4 is 11.9 Å². The normalized spacial score (nSPS) is 8.50. The molecule has 4 N–H and O–H groups in total. The Bertz CT molecular complexity index is 366. The van der Waals surface area contributed by atoms with Crippen molar-refractivity contribution in [3.63, 3.8) is 0 Å². The lowest BCUT2D eigenvalue weighted by atomic mass is 10.2. The fourth-order valence-corrected chi connectivity index (χ4v) is 0.989. The number of hydrazine groups is 1. The van der Waals surface area contributed by atoms with Crippen LogP contribution in [0.3, 0.4) is 0 Å². The lowest BCUT2D eigenvalue weighted by molar-refractivity contribution is -0.131. The van der Waals surface area contributed by atoms with Crippen LogP contribution in [-0.4, -0.2) is 19.0 Å². The van der Waals surface area contributed by atoms with Crippen molar-refractivity contribution in [2.45, 2.75) is 6.92 Å². The number of hydrogen-bond acceptors (Lipinski definition) is 6. The fraction of sp³-hybridized carbons (Fsp3) is 0.200. The third-order valence-electron chi connectivity index (χ3n) is 1.55. The predicted molar refractivity (Wildman–Crippen MR) is 57.5 cm³/mol. The van der Waals surface area contributed by atoms with Crippen LogP contribution in [0.4, 0.5) is 0 Å². The van der Waals surface area contributed by atoms with Crippen molar-refractivity contribution in [2.75, 3.05) is 7.11 Å². The van der Waals surface area contributed by atoms with Crippen LogP contribution < -0.4 is 16.4 Å². The van der Waals surface area contributed by atoms with E-state index in [0.29, 0.717) is 0 Å². The second-order valence-corrected chi connectivity index (χ2v) is 2.58. The first-order chi connectivity index (χ1) is 7.65. The molecule has 0 radical (unpaired) electrons. The van der Waals surface area contributed by atoms with Crippen molar-refractivity contribution in [2.24, 2.45) is 11.7 Å². The predicted octanol–water partition coefficient (Wildman–Crippen LogP) is 0.217. The summed E-state index contributed by atoms with van der Waals surface area (Å²) in [5.41, 5.74) is 0.241. The first kappa shape index (κ1) is 14.1. The molecule has 0 unspecified atom stereocenters. The van der Waals surface area contributed by atoms with Gasteiger partial charge >= 0.3 is 11.9 Å². The minimum absolute atomic E-state index is 0.215. The lowest BCUT2D eigenvalue weighted by Gasteiger charge is -2.05. The molecule has 1 aromatic carbocycles. The molecule has 0 heterocycles.